The van der Waals surface area contributed by atoms with Gasteiger partial charge in [-0.05, 0) is 56.2 Å². The predicted molar refractivity (Wildman–Crippen MR) is 156 cm³/mol. The van der Waals surface area contributed by atoms with E-state index in [0.717, 1.165) is 59.4 Å². The Kier molecular flexibility index (Phi) is 7.72. The van der Waals surface area contributed by atoms with Crippen molar-refractivity contribution in [3.05, 3.63) is 57.1 Å². The normalized spacial score (nSPS) is 18.0. The number of rotatable bonds is 5. The molecule has 1 amide bonds. The van der Waals surface area contributed by atoms with Crippen molar-refractivity contribution in [2.24, 2.45) is 11.3 Å². The standard InChI is InChI=1S/C31H37N3O5S/c1-17(39-30(37)25-19-9-7-8-10-22(19)32-23-13-14-34(5)16-21(23)25)27(35)33-28-26(29(36)38-6)20-12-11-18(31(2,3)4)15-24(20)40-28/h7-10,17-18H,11-16H2,1-6H3,(H,33,35). The Morgan fingerprint density at radius 3 is 2.58 bits per heavy atom. The molecule has 2 aromatic heterocycles. The number of hydrogen-bond donors (Lipinski definition) is 1. The van der Waals surface area contributed by atoms with E-state index in [2.05, 4.69) is 31.0 Å². The van der Waals surface area contributed by atoms with E-state index >= 15 is 0 Å². The highest BCUT2D eigenvalue weighted by Gasteiger charge is 2.35. The van der Waals surface area contributed by atoms with Gasteiger partial charge in [-0.3, -0.25) is 9.78 Å². The highest BCUT2D eigenvalue weighted by Crippen LogP contribution is 2.44. The fourth-order valence-electron chi connectivity index (χ4n) is 5.78. The molecule has 8 nitrogen and oxygen atoms in total. The summed E-state index contributed by atoms with van der Waals surface area (Å²) in [5, 5.41) is 4.04. The van der Waals surface area contributed by atoms with Gasteiger partial charge < -0.3 is 19.7 Å². The molecule has 0 radical (unpaired) electrons. The number of thiophene rings is 1. The van der Waals surface area contributed by atoms with Crippen molar-refractivity contribution < 1.29 is 23.9 Å². The minimum Gasteiger partial charge on any atom is -0.465 e. The number of carbonyl (C=O) groups excluding carboxylic acids is 3. The second-order valence-electron chi connectivity index (χ2n) is 12.0. The van der Waals surface area contributed by atoms with E-state index in [9.17, 15) is 14.4 Å². The number of aromatic nitrogens is 1. The summed E-state index contributed by atoms with van der Waals surface area (Å²) < 4.78 is 10.8. The van der Waals surface area contributed by atoms with Gasteiger partial charge in [-0.1, -0.05) is 39.0 Å². The van der Waals surface area contributed by atoms with Crippen molar-refractivity contribution in [3.8, 4) is 0 Å². The van der Waals surface area contributed by atoms with Crippen LogP contribution in [0.25, 0.3) is 10.9 Å². The molecule has 0 saturated heterocycles. The third-order valence-corrected chi connectivity index (χ3v) is 9.38. The van der Waals surface area contributed by atoms with Gasteiger partial charge in [0.05, 0.1) is 23.8 Å². The van der Waals surface area contributed by atoms with Gasteiger partial charge >= 0.3 is 11.9 Å². The van der Waals surface area contributed by atoms with Crippen molar-refractivity contribution >= 4 is 45.1 Å². The second-order valence-corrected chi connectivity index (χ2v) is 13.1. The van der Waals surface area contributed by atoms with Gasteiger partial charge in [0.2, 0.25) is 0 Å². The number of nitrogens with one attached hydrogen (secondary N) is 1. The Bertz CT molecular complexity index is 1490. The van der Waals surface area contributed by atoms with Crippen LogP contribution in [0.3, 0.4) is 0 Å². The lowest BCUT2D eigenvalue weighted by Crippen LogP contribution is -2.32. The Labute approximate surface area is 239 Å². The molecule has 1 aliphatic carbocycles. The average molecular weight is 564 g/mol. The van der Waals surface area contributed by atoms with Gasteiger partial charge in [0.25, 0.3) is 5.91 Å². The van der Waals surface area contributed by atoms with Crippen molar-refractivity contribution in [3.63, 3.8) is 0 Å². The first-order valence-electron chi connectivity index (χ1n) is 13.8. The minimum absolute atomic E-state index is 0.143. The molecule has 9 heteroatoms. The maximum Gasteiger partial charge on any atom is 0.341 e. The van der Waals surface area contributed by atoms with Crippen molar-refractivity contribution in [1.29, 1.82) is 0 Å². The lowest BCUT2D eigenvalue weighted by Gasteiger charge is -2.33. The van der Waals surface area contributed by atoms with Crippen LogP contribution in [-0.2, 0) is 40.1 Å². The van der Waals surface area contributed by atoms with Gasteiger partial charge in [0.1, 0.15) is 5.00 Å². The Hall–Kier alpha value is -3.30. The highest BCUT2D eigenvalue weighted by molar-refractivity contribution is 7.17. The number of ether oxygens (including phenoxy) is 2. The molecule has 5 rings (SSSR count). The zero-order valence-electron chi connectivity index (χ0n) is 24.1. The van der Waals surface area contributed by atoms with Crippen LogP contribution in [0.1, 0.15) is 76.5 Å². The number of carbonyl (C=O) groups is 3. The maximum atomic E-state index is 13.6. The molecule has 0 fully saturated rings. The summed E-state index contributed by atoms with van der Waals surface area (Å²) in [6.45, 7) is 9.69. The number of nitrogens with zero attached hydrogens (tertiary/aromatic N) is 2. The monoisotopic (exact) mass is 563 g/mol. The fourth-order valence-corrected chi connectivity index (χ4v) is 7.09. The third-order valence-electron chi connectivity index (χ3n) is 8.21. The quantitative estimate of drug-likeness (QED) is 0.415. The zero-order valence-corrected chi connectivity index (χ0v) is 24.9. The van der Waals surface area contributed by atoms with Gasteiger partial charge in [-0.25, -0.2) is 9.59 Å². The van der Waals surface area contributed by atoms with E-state index < -0.39 is 23.9 Å². The largest absolute Gasteiger partial charge is 0.465 e. The molecule has 2 atom stereocenters. The predicted octanol–water partition coefficient (Wildman–Crippen LogP) is 5.41. The topological polar surface area (TPSA) is 97.8 Å². The Morgan fingerprint density at radius 2 is 1.85 bits per heavy atom. The molecule has 0 bridgehead atoms. The summed E-state index contributed by atoms with van der Waals surface area (Å²) in [6, 6.07) is 7.51. The van der Waals surface area contributed by atoms with Gasteiger partial charge in [0.15, 0.2) is 6.10 Å². The number of methoxy groups -OCH3 is 1. The van der Waals surface area contributed by atoms with E-state index in [1.165, 1.54) is 18.4 Å². The summed E-state index contributed by atoms with van der Waals surface area (Å²) >= 11 is 1.42. The molecule has 1 N–H and O–H groups in total. The van der Waals surface area contributed by atoms with Crippen molar-refractivity contribution in [2.45, 2.75) is 66.0 Å². The first kappa shape index (κ1) is 28.2. The van der Waals surface area contributed by atoms with E-state index in [4.69, 9.17) is 14.5 Å². The van der Waals surface area contributed by atoms with E-state index in [1.54, 1.807) is 6.92 Å². The van der Waals surface area contributed by atoms with Crippen LogP contribution >= 0.6 is 11.3 Å². The number of fused-ring (bicyclic) bond motifs is 3. The molecule has 3 heterocycles. The molecular formula is C31H37N3O5S. The lowest BCUT2D eigenvalue weighted by atomic mass is 9.72. The maximum absolute atomic E-state index is 13.6. The number of hydrogen-bond acceptors (Lipinski definition) is 8. The number of pyridine rings is 1. The SMILES string of the molecule is COC(=O)c1c(NC(=O)C(C)OC(=O)c2c3c(nc4ccccc24)CCN(C)C3)sc2c1CCC(C(C)(C)C)C2. The molecule has 2 unspecified atom stereocenters. The van der Waals surface area contributed by atoms with E-state index in [0.29, 0.717) is 34.0 Å². The number of benzene rings is 1. The molecule has 212 valence electrons. The van der Waals surface area contributed by atoms with Crippen molar-refractivity contribution in [1.82, 2.24) is 9.88 Å². The molecule has 0 saturated carbocycles. The van der Waals surface area contributed by atoms with Gasteiger partial charge in [0, 0.05) is 41.0 Å². The molecule has 3 aromatic rings. The summed E-state index contributed by atoms with van der Waals surface area (Å²) in [5.41, 5.74) is 4.44. The molecule has 1 aliphatic heterocycles. The molecule has 1 aromatic carbocycles. The number of anilines is 1. The third kappa shape index (κ3) is 5.37. The van der Waals surface area contributed by atoms with Crippen LogP contribution < -0.4 is 5.32 Å². The van der Waals surface area contributed by atoms with E-state index in [-0.39, 0.29) is 5.41 Å². The van der Waals surface area contributed by atoms with Crippen molar-refractivity contribution in [2.75, 3.05) is 26.0 Å². The smallest absolute Gasteiger partial charge is 0.341 e. The Balaban J connectivity index is 1.40. The van der Waals surface area contributed by atoms with Crippen LogP contribution in [0, 0.1) is 11.3 Å². The van der Waals surface area contributed by atoms with Crippen LogP contribution in [0.2, 0.25) is 0 Å². The highest BCUT2D eigenvalue weighted by atomic mass is 32.1. The van der Waals surface area contributed by atoms with Crippen LogP contribution in [0.4, 0.5) is 5.00 Å². The van der Waals surface area contributed by atoms with Gasteiger partial charge in [-0.15, -0.1) is 11.3 Å². The van der Waals surface area contributed by atoms with Crippen LogP contribution in [0.15, 0.2) is 24.3 Å². The summed E-state index contributed by atoms with van der Waals surface area (Å²) in [6.07, 6.45) is 2.24. The summed E-state index contributed by atoms with van der Waals surface area (Å²) in [4.78, 5) is 47.7. The number of para-hydroxylation sites is 1. The van der Waals surface area contributed by atoms with E-state index in [1.807, 2.05) is 31.3 Å². The van der Waals surface area contributed by atoms with Crippen LogP contribution in [0.5, 0.6) is 0 Å². The van der Waals surface area contributed by atoms with Gasteiger partial charge in [-0.2, -0.15) is 0 Å². The molecular weight excluding hydrogens is 526 g/mol. The van der Waals surface area contributed by atoms with Crippen LogP contribution in [-0.4, -0.2) is 54.5 Å². The first-order valence-corrected chi connectivity index (χ1v) is 14.6. The summed E-state index contributed by atoms with van der Waals surface area (Å²) in [7, 11) is 3.35. The number of amides is 1. The first-order chi connectivity index (χ1) is 19.0. The Morgan fingerprint density at radius 1 is 1.10 bits per heavy atom. The minimum atomic E-state index is -1.08. The molecule has 40 heavy (non-hydrogen) atoms. The number of likely N-dealkylation sites (N-methyl/N-ethyl adjacent to an activating group) is 1. The zero-order chi connectivity index (χ0) is 28.8. The average Bonchev–Trinajstić information content (AvgIpc) is 3.27. The number of esters is 2. The second kappa shape index (κ2) is 10.9. The molecule has 2 aliphatic rings. The lowest BCUT2D eigenvalue weighted by molar-refractivity contribution is -0.123. The summed E-state index contributed by atoms with van der Waals surface area (Å²) in [5.74, 6) is -1.04. The fraction of sp³-hybridized carbons (Fsp3) is 0.484. The molecule has 0 spiro atoms.